The molecule has 192 valence electrons. The predicted molar refractivity (Wildman–Crippen MR) is 133 cm³/mol. The molecule has 37 heavy (non-hydrogen) atoms. The number of nitrogens with zero attached hydrogens (tertiary/aromatic N) is 2. The molecular weight excluding hydrogens is 480 g/mol. The lowest BCUT2D eigenvalue weighted by Crippen LogP contribution is -2.52. The number of likely N-dealkylation sites (tertiary alicyclic amines) is 1. The SMILES string of the molecule is N#CC1CC(F)(F)CCN1C(=O)CNC(=O)C1CC(=O)Nc2ccc(-c3ccc4c(c3)CCCN4)cc21. The van der Waals surface area contributed by atoms with E-state index in [1.54, 1.807) is 12.1 Å². The van der Waals surface area contributed by atoms with Gasteiger partial charge in [0, 0.05) is 43.7 Å². The highest BCUT2D eigenvalue weighted by atomic mass is 19.3. The van der Waals surface area contributed by atoms with Crippen LogP contribution in [-0.2, 0) is 20.8 Å². The molecule has 3 amide bonds. The molecule has 2 unspecified atom stereocenters. The molecule has 3 aliphatic heterocycles. The fraction of sp³-hybridized carbons (Fsp3) is 0.407. The smallest absolute Gasteiger partial charge is 0.252 e. The topological polar surface area (TPSA) is 114 Å². The van der Waals surface area contributed by atoms with Crippen LogP contribution in [-0.4, -0.2) is 54.2 Å². The van der Waals surface area contributed by atoms with Crippen LogP contribution in [0.15, 0.2) is 36.4 Å². The maximum Gasteiger partial charge on any atom is 0.252 e. The van der Waals surface area contributed by atoms with Crippen molar-refractivity contribution in [2.75, 3.05) is 30.3 Å². The summed E-state index contributed by atoms with van der Waals surface area (Å²) < 4.78 is 27.3. The van der Waals surface area contributed by atoms with Gasteiger partial charge in [0.05, 0.1) is 18.5 Å². The summed E-state index contributed by atoms with van der Waals surface area (Å²) >= 11 is 0. The maximum atomic E-state index is 13.7. The Balaban J connectivity index is 1.32. The molecule has 3 N–H and O–H groups in total. The monoisotopic (exact) mass is 507 g/mol. The molecule has 2 atom stereocenters. The van der Waals surface area contributed by atoms with E-state index in [2.05, 4.69) is 22.0 Å². The Morgan fingerprint density at radius 1 is 1.16 bits per heavy atom. The summed E-state index contributed by atoms with van der Waals surface area (Å²) in [6.07, 6.45) is 0.713. The van der Waals surface area contributed by atoms with Gasteiger partial charge >= 0.3 is 0 Å². The number of nitrogens with one attached hydrogen (secondary N) is 3. The van der Waals surface area contributed by atoms with E-state index in [0.717, 1.165) is 41.1 Å². The van der Waals surface area contributed by atoms with Crippen molar-refractivity contribution in [2.24, 2.45) is 0 Å². The zero-order chi connectivity index (χ0) is 26.2. The number of hydrogen-bond acceptors (Lipinski definition) is 5. The molecule has 3 aliphatic rings. The van der Waals surface area contributed by atoms with E-state index in [4.69, 9.17) is 0 Å². The summed E-state index contributed by atoms with van der Waals surface area (Å²) in [7, 11) is 0. The summed E-state index contributed by atoms with van der Waals surface area (Å²) in [5, 5.41) is 18.0. The van der Waals surface area contributed by atoms with Gasteiger partial charge in [-0.3, -0.25) is 14.4 Å². The molecule has 3 heterocycles. The Morgan fingerprint density at radius 3 is 2.70 bits per heavy atom. The van der Waals surface area contributed by atoms with Gasteiger partial charge in [0.2, 0.25) is 17.7 Å². The first kappa shape index (κ1) is 24.7. The highest BCUT2D eigenvalue weighted by molar-refractivity contribution is 6.02. The minimum Gasteiger partial charge on any atom is -0.385 e. The van der Waals surface area contributed by atoms with Crippen LogP contribution in [0, 0.1) is 11.3 Å². The van der Waals surface area contributed by atoms with Gasteiger partial charge in [-0.05, 0) is 59.4 Å². The number of benzene rings is 2. The molecule has 0 aromatic heterocycles. The Bertz CT molecular complexity index is 1310. The highest BCUT2D eigenvalue weighted by Crippen LogP contribution is 2.37. The predicted octanol–water partition coefficient (Wildman–Crippen LogP) is 3.40. The molecule has 0 radical (unpaired) electrons. The Hall–Kier alpha value is -4.00. The van der Waals surface area contributed by atoms with Gasteiger partial charge < -0.3 is 20.9 Å². The molecule has 0 saturated carbocycles. The van der Waals surface area contributed by atoms with E-state index in [0.29, 0.717) is 11.3 Å². The number of hydrogen-bond donors (Lipinski definition) is 3. The first-order chi connectivity index (χ1) is 17.7. The van der Waals surface area contributed by atoms with E-state index < -0.39 is 49.1 Å². The highest BCUT2D eigenvalue weighted by Gasteiger charge is 2.42. The summed E-state index contributed by atoms with van der Waals surface area (Å²) in [5.41, 5.74) is 5.44. The van der Waals surface area contributed by atoms with E-state index in [9.17, 15) is 28.4 Å². The second-order valence-electron chi connectivity index (χ2n) is 9.77. The molecule has 0 spiro atoms. The summed E-state index contributed by atoms with van der Waals surface area (Å²) in [5.74, 6) is -5.23. The van der Waals surface area contributed by atoms with Gasteiger partial charge in [-0.2, -0.15) is 5.26 Å². The third kappa shape index (κ3) is 5.12. The lowest BCUT2D eigenvalue weighted by molar-refractivity contribution is -0.141. The van der Waals surface area contributed by atoms with E-state index >= 15 is 0 Å². The van der Waals surface area contributed by atoms with E-state index in [1.165, 1.54) is 5.56 Å². The second kappa shape index (κ2) is 9.81. The van der Waals surface area contributed by atoms with E-state index in [1.807, 2.05) is 24.3 Å². The Labute approximate surface area is 213 Å². The molecule has 1 fully saturated rings. The number of carbonyl (C=O) groups is 3. The van der Waals surface area contributed by atoms with Crippen LogP contribution in [0.3, 0.4) is 0 Å². The number of amides is 3. The number of carbonyl (C=O) groups excluding carboxylic acids is 3. The molecule has 0 aliphatic carbocycles. The van der Waals surface area contributed by atoms with E-state index in [-0.39, 0.29) is 18.9 Å². The van der Waals surface area contributed by atoms with Crippen LogP contribution in [0.1, 0.15) is 42.7 Å². The molecular formula is C27H27F2N5O3. The van der Waals surface area contributed by atoms with Crippen molar-refractivity contribution in [1.29, 1.82) is 5.26 Å². The molecule has 0 bridgehead atoms. The van der Waals surface area contributed by atoms with Crippen molar-refractivity contribution in [1.82, 2.24) is 10.2 Å². The molecule has 2 aromatic carbocycles. The van der Waals surface area contributed by atoms with Crippen molar-refractivity contribution in [3.8, 4) is 17.2 Å². The standard InChI is InChI=1S/C27H27F2N5O3/c28-27(29)7-9-34(19(13-27)14-30)25(36)15-32-26(37)21-12-24(35)33-23-6-4-17(11-20(21)23)16-3-5-22-18(10-16)2-1-8-31-22/h3-6,10-11,19,21,31H,1-2,7-9,12-13,15H2,(H,32,37)(H,33,35). The number of halogens is 2. The Kier molecular flexibility index (Phi) is 6.54. The van der Waals surface area contributed by atoms with Crippen molar-refractivity contribution in [3.63, 3.8) is 0 Å². The zero-order valence-electron chi connectivity index (χ0n) is 20.2. The third-order valence-corrected chi connectivity index (χ3v) is 7.25. The summed E-state index contributed by atoms with van der Waals surface area (Å²) in [4.78, 5) is 39.2. The molecule has 2 aromatic rings. The lowest BCUT2D eigenvalue weighted by Gasteiger charge is -2.35. The van der Waals surface area contributed by atoms with Crippen molar-refractivity contribution in [3.05, 3.63) is 47.5 Å². The van der Waals surface area contributed by atoms with Crippen LogP contribution in [0.5, 0.6) is 0 Å². The lowest BCUT2D eigenvalue weighted by atomic mass is 9.87. The van der Waals surface area contributed by atoms with Crippen LogP contribution in [0.25, 0.3) is 11.1 Å². The van der Waals surface area contributed by atoms with Gasteiger partial charge in [0.15, 0.2) is 0 Å². The van der Waals surface area contributed by atoms with Gasteiger partial charge in [-0.25, -0.2) is 8.78 Å². The van der Waals surface area contributed by atoms with Gasteiger partial charge in [-0.15, -0.1) is 0 Å². The van der Waals surface area contributed by atoms with Gasteiger partial charge in [0.1, 0.15) is 6.04 Å². The number of alkyl halides is 2. The fourth-order valence-electron chi connectivity index (χ4n) is 5.27. The van der Waals surface area contributed by atoms with Crippen molar-refractivity contribution in [2.45, 2.75) is 50.0 Å². The number of anilines is 2. The minimum atomic E-state index is -2.99. The number of fused-ring (bicyclic) bond motifs is 2. The molecule has 5 rings (SSSR count). The second-order valence-corrected chi connectivity index (χ2v) is 9.77. The average Bonchev–Trinajstić information content (AvgIpc) is 2.90. The number of nitriles is 1. The molecule has 8 nitrogen and oxygen atoms in total. The normalized spacial score (nSPS) is 22.0. The summed E-state index contributed by atoms with van der Waals surface area (Å²) in [6.45, 7) is 0.257. The van der Waals surface area contributed by atoms with Crippen LogP contribution >= 0.6 is 0 Å². The third-order valence-electron chi connectivity index (χ3n) is 7.25. The number of rotatable bonds is 4. The van der Waals surface area contributed by atoms with Gasteiger partial charge in [0.25, 0.3) is 5.92 Å². The Morgan fingerprint density at radius 2 is 1.92 bits per heavy atom. The van der Waals surface area contributed by atoms with Crippen molar-refractivity contribution < 1.29 is 23.2 Å². The summed E-state index contributed by atoms with van der Waals surface area (Å²) in [6, 6.07) is 12.3. The molecule has 10 heteroatoms. The van der Waals surface area contributed by atoms with Crippen LogP contribution < -0.4 is 16.0 Å². The fourth-order valence-corrected chi connectivity index (χ4v) is 5.27. The molecule has 1 saturated heterocycles. The zero-order valence-corrected chi connectivity index (χ0v) is 20.2. The number of aryl methyl sites for hydroxylation is 1. The average molecular weight is 508 g/mol. The van der Waals surface area contributed by atoms with Crippen molar-refractivity contribution >= 4 is 29.1 Å². The van der Waals surface area contributed by atoms with Crippen LogP contribution in [0.2, 0.25) is 0 Å². The quantitative estimate of drug-likeness (QED) is 0.587. The van der Waals surface area contributed by atoms with Gasteiger partial charge in [-0.1, -0.05) is 12.1 Å². The maximum absolute atomic E-state index is 13.7. The van der Waals surface area contributed by atoms with Crippen LogP contribution in [0.4, 0.5) is 20.2 Å². The first-order valence-corrected chi connectivity index (χ1v) is 12.4. The largest absolute Gasteiger partial charge is 0.385 e. The number of piperidine rings is 1. The first-order valence-electron chi connectivity index (χ1n) is 12.4. The minimum absolute atomic E-state index is 0.0820.